The van der Waals surface area contributed by atoms with E-state index in [-0.39, 0.29) is 17.6 Å². The predicted octanol–water partition coefficient (Wildman–Crippen LogP) is 4.07. The van der Waals surface area contributed by atoms with E-state index in [1.807, 2.05) is 31.2 Å². The Morgan fingerprint density at radius 3 is 2.54 bits per heavy atom. The van der Waals surface area contributed by atoms with Crippen LogP contribution in [0.25, 0.3) is 5.69 Å². The van der Waals surface area contributed by atoms with Gasteiger partial charge in [0.25, 0.3) is 5.91 Å². The van der Waals surface area contributed by atoms with Crippen LogP contribution in [0.4, 0.5) is 0 Å². The summed E-state index contributed by atoms with van der Waals surface area (Å²) in [6.45, 7) is 1.89. The van der Waals surface area contributed by atoms with Crippen molar-refractivity contribution in [2.24, 2.45) is 0 Å². The molecule has 0 spiro atoms. The highest BCUT2D eigenvalue weighted by Crippen LogP contribution is 2.19. The number of carbonyl (C=O) groups is 1. The normalized spacial score (nSPS) is 12.0. The number of amides is 1. The molecule has 0 radical (unpaired) electrons. The Morgan fingerprint density at radius 1 is 1.12 bits per heavy atom. The van der Waals surface area contributed by atoms with E-state index in [1.165, 1.54) is 4.68 Å². The molecule has 3 rings (SSSR count). The predicted molar refractivity (Wildman–Crippen MR) is 93.7 cm³/mol. The number of para-hydroxylation sites is 1. The van der Waals surface area contributed by atoms with Gasteiger partial charge in [0.15, 0.2) is 5.69 Å². The standard InChI is InChI=1S/C17H14Cl2N4O/c1-11(12-6-8-13(18)9-7-12)20-17(24)15-10-23(22-21-15)16-5-3-2-4-14(16)19/h2-11H,1H3,(H,20,24). The maximum atomic E-state index is 12.3. The summed E-state index contributed by atoms with van der Waals surface area (Å²) < 4.78 is 1.48. The number of nitrogens with one attached hydrogen (secondary N) is 1. The van der Waals surface area contributed by atoms with Crippen LogP contribution in [0.15, 0.2) is 54.7 Å². The van der Waals surface area contributed by atoms with Crippen LogP contribution in [0.5, 0.6) is 0 Å². The minimum absolute atomic E-state index is 0.180. The van der Waals surface area contributed by atoms with Gasteiger partial charge in [0, 0.05) is 5.02 Å². The Balaban J connectivity index is 1.74. The van der Waals surface area contributed by atoms with Gasteiger partial charge in [-0.2, -0.15) is 0 Å². The van der Waals surface area contributed by atoms with E-state index in [2.05, 4.69) is 15.6 Å². The molecule has 1 amide bonds. The van der Waals surface area contributed by atoms with Gasteiger partial charge in [-0.15, -0.1) is 5.10 Å². The van der Waals surface area contributed by atoms with Gasteiger partial charge in [0.1, 0.15) is 0 Å². The first-order valence-corrected chi connectivity index (χ1v) is 8.04. The van der Waals surface area contributed by atoms with Gasteiger partial charge in [0.2, 0.25) is 0 Å². The number of nitrogens with zero attached hydrogens (tertiary/aromatic N) is 3. The molecule has 0 fully saturated rings. The highest BCUT2D eigenvalue weighted by Gasteiger charge is 2.16. The quantitative estimate of drug-likeness (QED) is 0.762. The van der Waals surface area contributed by atoms with Gasteiger partial charge >= 0.3 is 0 Å². The Bertz CT molecular complexity index is 861. The monoisotopic (exact) mass is 360 g/mol. The fourth-order valence-electron chi connectivity index (χ4n) is 2.23. The van der Waals surface area contributed by atoms with E-state index in [4.69, 9.17) is 23.2 Å². The van der Waals surface area contributed by atoms with Gasteiger partial charge < -0.3 is 5.32 Å². The molecule has 1 unspecified atom stereocenters. The molecule has 1 atom stereocenters. The molecule has 2 aromatic carbocycles. The summed E-state index contributed by atoms with van der Waals surface area (Å²) in [7, 11) is 0. The molecule has 0 aliphatic heterocycles. The van der Waals surface area contributed by atoms with E-state index in [1.54, 1.807) is 30.5 Å². The summed E-state index contributed by atoms with van der Waals surface area (Å²) in [5.41, 5.74) is 1.83. The van der Waals surface area contributed by atoms with Crippen molar-refractivity contribution in [3.8, 4) is 5.69 Å². The number of hydrogen-bond donors (Lipinski definition) is 1. The Labute approximate surface area is 149 Å². The summed E-state index contributed by atoms with van der Waals surface area (Å²) in [4.78, 5) is 12.3. The fourth-order valence-corrected chi connectivity index (χ4v) is 2.58. The minimum Gasteiger partial charge on any atom is -0.344 e. The molecule has 24 heavy (non-hydrogen) atoms. The molecular weight excluding hydrogens is 347 g/mol. The lowest BCUT2D eigenvalue weighted by atomic mass is 10.1. The first-order chi connectivity index (χ1) is 11.5. The first-order valence-electron chi connectivity index (χ1n) is 7.28. The molecule has 0 aliphatic rings. The number of benzene rings is 2. The third-order valence-electron chi connectivity index (χ3n) is 3.54. The lowest BCUT2D eigenvalue weighted by Gasteiger charge is -2.13. The summed E-state index contributed by atoms with van der Waals surface area (Å²) >= 11 is 12.0. The molecule has 122 valence electrons. The third kappa shape index (κ3) is 3.58. The van der Waals surface area contributed by atoms with Gasteiger partial charge in [-0.1, -0.05) is 52.7 Å². The second-order valence-electron chi connectivity index (χ2n) is 5.25. The van der Waals surface area contributed by atoms with Gasteiger partial charge in [-0.25, -0.2) is 4.68 Å². The van der Waals surface area contributed by atoms with Crippen molar-refractivity contribution in [2.45, 2.75) is 13.0 Å². The van der Waals surface area contributed by atoms with Crippen molar-refractivity contribution in [2.75, 3.05) is 0 Å². The van der Waals surface area contributed by atoms with Crippen LogP contribution in [-0.2, 0) is 0 Å². The highest BCUT2D eigenvalue weighted by atomic mass is 35.5. The molecule has 3 aromatic rings. The number of rotatable bonds is 4. The maximum absolute atomic E-state index is 12.3. The molecule has 5 nitrogen and oxygen atoms in total. The first kappa shape index (κ1) is 16.5. The Kier molecular flexibility index (Phi) is 4.83. The minimum atomic E-state index is -0.309. The van der Waals surface area contributed by atoms with E-state index in [9.17, 15) is 4.79 Å². The Hall–Kier alpha value is -2.37. The fraction of sp³-hybridized carbons (Fsp3) is 0.118. The molecule has 1 heterocycles. The van der Waals surface area contributed by atoms with E-state index in [0.29, 0.717) is 15.7 Å². The van der Waals surface area contributed by atoms with Gasteiger partial charge in [0.05, 0.1) is 22.9 Å². The molecular formula is C17H14Cl2N4O. The number of carbonyl (C=O) groups excluding carboxylic acids is 1. The van der Waals surface area contributed by atoms with Crippen molar-refractivity contribution in [1.29, 1.82) is 0 Å². The third-order valence-corrected chi connectivity index (χ3v) is 4.11. The second-order valence-corrected chi connectivity index (χ2v) is 6.09. The van der Waals surface area contributed by atoms with Crippen molar-refractivity contribution >= 4 is 29.1 Å². The van der Waals surface area contributed by atoms with Gasteiger partial charge in [-0.05, 0) is 36.8 Å². The Morgan fingerprint density at radius 2 is 1.83 bits per heavy atom. The maximum Gasteiger partial charge on any atom is 0.273 e. The highest BCUT2D eigenvalue weighted by molar-refractivity contribution is 6.32. The van der Waals surface area contributed by atoms with E-state index < -0.39 is 0 Å². The number of halogens is 2. The van der Waals surface area contributed by atoms with Crippen molar-refractivity contribution < 1.29 is 4.79 Å². The zero-order valence-electron chi connectivity index (χ0n) is 12.8. The van der Waals surface area contributed by atoms with Crippen LogP contribution in [0.2, 0.25) is 10.0 Å². The van der Waals surface area contributed by atoms with Crippen LogP contribution in [0.3, 0.4) is 0 Å². The summed E-state index contributed by atoms with van der Waals surface area (Å²) in [6.07, 6.45) is 1.55. The molecule has 0 aliphatic carbocycles. The summed E-state index contributed by atoms with van der Waals surface area (Å²) in [6, 6.07) is 14.3. The largest absolute Gasteiger partial charge is 0.344 e. The van der Waals surface area contributed by atoms with E-state index >= 15 is 0 Å². The second kappa shape index (κ2) is 7.03. The van der Waals surface area contributed by atoms with Crippen LogP contribution in [0, 0.1) is 0 Å². The van der Waals surface area contributed by atoms with Crippen LogP contribution in [-0.4, -0.2) is 20.9 Å². The average Bonchev–Trinajstić information content (AvgIpc) is 3.05. The lowest BCUT2D eigenvalue weighted by Crippen LogP contribution is -2.26. The molecule has 0 saturated carbocycles. The molecule has 0 saturated heterocycles. The summed E-state index contributed by atoms with van der Waals surface area (Å²) in [5.74, 6) is -0.309. The van der Waals surface area contributed by atoms with Crippen LogP contribution < -0.4 is 5.32 Å². The zero-order valence-corrected chi connectivity index (χ0v) is 14.3. The molecule has 0 bridgehead atoms. The number of aromatic nitrogens is 3. The molecule has 1 N–H and O–H groups in total. The summed E-state index contributed by atoms with van der Waals surface area (Å²) in [5, 5.41) is 11.9. The van der Waals surface area contributed by atoms with Crippen LogP contribution >= 0.6 is 23.2 Å². The average molecular weight is 361 g/mol. The lowest BCUT2D eigenvalue weighted by molar-refractivity contribution is 0.0935. The topological polar surface area (TPSA) is 59.8 Å². The zero-order chi connectivity index (χ0) is 17.1. The molecule has 1 aromatic heterocycles. The smallest absolute Gasteiger partial charge is 0.273 e. The van der Waals surface area contributed by atoms with E-state index in [0.717, 1.165) is 5.56 Å². The van der Waals surface area contributed by atoms with Crippen molar-refractivity contribution in [3.05, 3.63) is 76.0 Å². The van der Waals surface area contributed by atoms with Crippen molar-refractivity contribution in [1.82, 2.24) is 20.3 Å². The van der Waals surface area contributed by atoms with Crippen molar-refractivity contribution in [3.63, 3.8) is 0 Å². The number of hydrogen-bond acceptors (Lipinski definition) is 3. The SMILES string of the molecule is CC(NC(=O)c1cn(-c2ccccc2Cl)nn1)c1ccc(Cl)cc1. The molecule has 7 heteroatoms. The van der Waals surface area contributed by atoms with Gasteiger partial charge in [-0.3, -0.25) is 4.79 Å². The van der Waals surface area contributed by atoms with Crippen LogP contribution in [0.1, 0.15) is 29.0 Å².